The number of ether oxygens (including phenoxy) is 1. The number of hydrogen-bond acceptors (Lipinski definition) is 2. The summed E-state index contributed by atoms with van der Waals surface area (Å²) in [5.74, 6) is -0.205. The monoisotopic (exact) mass is 260 g/mol. The molecule has 104 valence electrons. The largest absolute Gasteiger partial charge is 0.466 e. The number of carbonyl (C=O) groups is 1. The second-order valence-corrected chi connectivity index (χ2v) is 5.83. The predicted molar refractivity (Wildman–Crippen MR) is 78.9 cm³/mol. The summed E-state index contributed by atoms with van der Waals surface area (Å²) in [4.78, 5) is 11.9. The molecule has 19 heavy (non-hydrogen) atoms. The normalized spacial score (nSPS) is 12.9. The zero-order valence-corrected chi connectivity index (χ0v) is 12.6. The number of aryl methyl sites for hydroxylation is 1. The summed E-state index contributed by atoms with van der Waals surface area (Å²) >= 11 is 0. The third kappa shape index (κ3) is 4.55. The lowest BCUT2D eigenvalue weighted by molar-refractivity contribution is -0.136. The molecule has 2 heteroatoms. The van der Waals surface area contributed by atoms with Crippen molar-refractivity contribution in [3.05, 3.63) is 47.0 Å². The van der Waals surface area contributed by atoms with Crippen LogP contribution in [0.4, 0.5) is 0 Å². The van der Waals surface area contributed by atoms with Crippen LogP contribution in [-0.4, -0.2) is 13.1 Å². The van der Waals surface area contributed by atoms with Gasteiger partial charge in [-0.3, -0.25) is 0 Å². The lowest BCUT2D eigenvalue weighted by Gasteiger charge is -2.23. The van der Waals surface area contributed by atoms with Crippen LogP contribution in [0.15, 0.2) is 41.5 Å². The summed E-state index contributed by atoms with van der Waals surface area (Å²) in [7, 11) is 1.45. The first-order valence-electron chi connectivity index (χ1n) is 6.68. The van der Waals surface area contributed by atoms with Crippen LogP contribution in [0.25, 0.3) is 0 Å². The first-order chi connectivity index (χ1) is 8.86. The number of carbonyl (C=O) groups excluding carboxylic acids is 1. The van der Waals surface area contributed by atoms with Gasteiger partial charge in [-0.1, -0.05) is 56.7 Å². The summed E-state index contributed by atoms with van der Waals surface area (Å²) in [5.41, 5.74) is 3.14. The fourth-order valence-electron chi connectivity index (χ4n) is 1.93. The van der Waals surface area contributed by atoms with Crippen molar-refractivity contribution < 1.29 is 9.53 Å². The van der Waals surface area contributed by atoms with E-state index in [9.17, 15) is 4.79 Å². The number of hydrogen-bond donors (Lipinski definition) is 0. The van der Waals surface area contributed by atoms with E-state index in [-0.39, 0.29) is 11.4 Å². The number of benzene rings is 1. The van der Waals surface area contributed by atoms with Gasteiger partial charge in [-0.2, -0.15) is 0 Å². The maximum Gasteiger partial charge on any atom is 0.333 e. The van der Waals surface area contributed by atoms with Crippen LogP contribution in [0.2, 0.25) is 0 Å². The molecule has 0 amide bonds. The highest BCUT2D eigenvalue weighted by Crippen LogP contribution is 2.29. The highest BCUT2D eigenvalue weighted by atomic mass is 16.5. The SMILES string of the molecule is COC(=O)/C(CCc1ccccc1)=C(\C)C(C)(C)C. The Morgan fingerprint density at radius 3 is 2.21 bits per heavy atom. The lowest BCUT2D eigenvalue weighted by Crippen LogP contribution is -2.16. The molecular formula is C17H24O2. The molecule has 0 spiro atoms. The van der Waals surface area contributed by atoms with Crippen LogP contribution in [-0.2, 0) is 16.0 Å². The third-order valence-corrected chi connectivity index (χ3v) is 3.52. The Kier molecular flexibility index (Phi) is 5.34. The third-order valence-electron chi connectivity index (χ3n) is 3.52. The average molecular weight is 260 g/mol. The topological polar surface area (TPSA) is 26.3 Å². The molecule has 0 N–H and O–H groups in total. The van der Waals surface area contributed by atoms with Gasteiger partial charge in [-0.25, -0.2) is 4.79 Å². The maximum atomic E-state index is 11.9. The molecule has 2 nitrogen and oxygen atoms in total. The summed E-state index contributed by atoms with van der Waals surface area (Å²) in [6.45, 7) is 8.38. The molecule has 0 atom stereocenters. The van der Waals surface area contributed by atoms with E-state index < -0.39 is 0 Å². The molecule has 0 radical (unpaired) electrons. The number of methoxy groups -OCH3 is 1. The molecule has 0 aromatic heterocycles. The Hall–Kier alpha value is -1.57. The van der Waals surface area contributed by atoms with Gasteiger partial charge in [0.2, 0.25) is 0 Å². The van der Waals surface area contributed by atoms with Crippen molar-refractivity contribution in [2.24, 2.45) is 5.41 Å². The molecular weight excluding hydrogens is 236 g/mol. The van der Waals surface area contributed by atoms with Gasteiger partial charge in [0.15, 0.2) is 0 Å². The van der Waals surface area contributed by atoms with Gasteiger partial charge in [0.25, 0.3) is 0 Å². The minimum Gasteiger partial charge on any atom is -0.466 e. The molecule has 0 heterocycles. The quantitative estimate of drug-likeness (QED) is 0.600. The minimum atomic E-state index is -0.205. The van der Waals surface area contributed by atoms with E-state index >= 15 is 0 Å². The molecule has 1 aromatic rings. The smallest absolute Gasteiger partial charge is 0.333 e. The lowest BCUT2D eigenvalue weighted by atomic mass is 9.83. The van der Waals surface area contributed by atoms with E-state index in [0.29, 0.717) is 0 Å². The average Bonchev–Trinajstić information content (AvgIpc) is 2.38. The van der Waals surface area contributed by atoms with E-state index in [1.54, 1.807) is 0 Å². The fourth-order valence-corrected chi connectivity index (χ4v) is 1.93. The van der Waals surface area contributed by atoms with E-state index in [4.69, 9.17) is 4.74 Å². The molecule has 0 aliphatic heterocycles. The Bertz CT molecular complexity index is 450. The fraction of sp³-hybridized carbons (Fsp3) is 0.471. The zero-order valence-electron chi connectivity index (χ0n) is 12.6. The molecule has 0 fully saturated rings. The van der Waals surface area contributed by atoms with E-state index in [1.807, 2.05) is 25.1 Å². The molecule has 0 saturated carbocycles. The number of esters is 1. The predicted octanol–water partition coefficient (Wildman–Crippen LogP) is 4.15. The van der Waals surface area contributed by atoms with Crippen molar-refractivity contribution in [2.45, 2.75) is 40.5 Å². The van der Waals surface area contributed by atoms with Crippen molar-refractivity contribution in [2.75, 3.05) is 7.11 Å². The molecule has 1 rings (SSSR count). The molecule has 0 aliphatic rings. The molecule has 0 unspecified atom stereocenters. The Morgan fingerprint density at radius 2 is 1.74 bits per heavy atom. The Labute approximate surface area is 116 Å². The number of rotatable bonds is 4. The first kappa shape index (κ1) is 15.5. The summed E-state index contributed by atoms with van der Waals surface area (Å²) in [5, 5.41) is 0. The first-order valence-corrected chi connectivity index (χ1v) is 6.68. The second-order valence-electron chi connectivity index (χ2n) is 5.83. The second kappa shape index (κ2) is 6.55. The van der Waals surface area contributed by atoms with Crippen molar-refractivity contribution in [1.82, 2.24) is 0 Å². The van der Waals surface area contributed by atoms with Crippen LogP contribution in [0.1, 0.15) is 39.7 Å². The van der Waals surface area contributed by atoms with Crippen LogP contribution >= 0.6 is 0 Å². The van der Waals surface area contributed by atoms with Gasteiger partial charge in [0, 0.05) is 5.57 Å². The van der Waals surface area contributed by atoms with Crippen molar-refractivity contribution in [3.63, 3.8) is 0 Å². The summed E-state index contributed by atoms with van der Waals surface area (Å²) in [6, 6.07) is 10.2. The molecule has 0 bridgehead atoms. The number of allylic oxidation sites excluding steroid dienone is 1. The zero-order chi connectivity index (χ0) is 14.5. The van der Waals surface area contributed by atoms with Crippen LogP contribution in [0, 0.1) is 5.41 Å². The van der Waals surface area contributed by atoms with Gasteiger partial charge in [-0.15, -0.1) is 0 Å². The van der Waals surface area contributed by atoms with Crippen LogP contribution in [0.5, 0.6) is 0 Å². The van der Waals surface area contributed by atoms with Crippen molar-refractivity contribution >= 4 is 5.97 Å². The van der Waals surface area contributed by atoms with Crippen LogP contribution in [0.3, 0.4) is 0 Å². The van der Waals surface area contributed by atoms with Gasteiger partial charge in [0.1, 0.15) is 0 Å². The van der Waals surface area contributed by atoms with Crippen molar-refractivity contribution in [1.29, 1.82) is 0 Å². The molecule has 0 aliphatic carbocycles. The van der Waals surface area contributed by atoms with Gasteiger partial charge >= 0.3 is 5.97 Å². The van der Waals surface area contributed by atoms with Gasteiger partial charge < -0.3 is 4.74 Å². The minimum absolute atomic E-state index is 0.0137. The van der Waals surface area contributed by atoms with Gasteiger partial charge in [0.05, 0.1) is 7.11 Å². The van der Waals surface area contributed by atoms with Gasteiger partial charge in [-0.05, 0) is 30.7 Å². The van der Waals surface area contributed by atoms with E-state index in [1.165, 1.54) is 12.7 Å². The Morgan fingerprint density at radius 1 is 1.16 bits per heavy atom. The standard InChI is InChI=1S/C17H24O2/c1-13(17(2,3)4)15(16(18)19-5)12-11-14-9-7-6-8-10-14/h6-10H,11-12H2,1-5H3/b15-13+. The molecule has 0 saturated heterocycles. The van der Waals surface area contributed by atoms with E-state index in [2.05, 4.69) is 32.9 Å². The Balaban J connectivity index is 2.92. The van der Waals surface area contributed by atoms with Crippen LogP contribution < -0.4 is 0 Å². The summed E-state index contributed by atoms with van der Waals surface area (Å²) < 4.78 is 4.92. The maximum absolute atomic E-state index is 11.9. The highest BCUT2D eigenvalue weighted by molar-refractivity contribution is 5.89. The highest BCUT2D eigenvalue weighted by Gasteiger charge is 2.21. The molecule has 1 aromatic carbocycles. The summed E-state index contributed by atoms with van der Waals surface area (Å²) in [6.07, 6.45) is 1.58. The van der Waals surface area contributed by atoms with Crippen molar-refractivity contribution in [3.8, 4) is 0 Å². The van der Waals surface area contributed by atoms with E-state index in [0.717, 1.165) is 24.0 Å².